The van der Waals surface area contributed by atoms with E-state index in [1.54, 1.807) is 0 Å². The Hall–Kier alpha value is -1.74. The molecule has 1 heterocycles. The average Bonchev–Trinajstić information content (AvgIpc) is 2.74. The highest BCUT2D eigenvalue weighted by Crippen LogP contribution is 2.29. The Kier molecular flexibility index (Phi) is 4.85. The van der Waals surface area contributed by atoms with E-state index < -0.39 is 0 Å². The molecule has 1 amide bonds. The van der Waals surface area contributed by atoms with Crippen LogP contribution in [0.5, 0.6) is 0 Å². The lowest BCUT2D eigenvalue weighted by Gasteiger charge is -2.25. The normalized spacial score (nSPS) is 16.0. The van der Waals surface area contributed by atoms with Crippen LogP contribution in [-0.4, -0.2) is 23.0 Å². The molecular weight excluding hydrogens is 272 g/mol. The molecular formula is C14H20N4OS. The van der Waals surface area contributed by atoms with Gasteiger partial charge in [0, 0.05) is 18.5 Å². The minimum atomic E-state index is -0.191. The number of nitrogens with two attached hydrogens (primary N) is 1. The molecule has 1 saturated carbocycles. The number of hydrogen-bond acceptors (Lipinski definition) is 5. The molecule has 5 nitrogen and oxygen atoms in total. The molecule has 0 radical (unpaired) electrons. The van der Waals surface area contributed by atoms with Crippen molar-refractivity contribution in [1.29, 1.82) is 0 Å². The highest BCUT2D eigenvalue weighted by atomic mass is 32.1. The van der Waals surface area contributed by atoms with E-state index in [1.807, 2.05) is 6.92 Å². The zero-order chi connectivity index (χ0) is 14.5. The number of amides is 1. The third-order valence-corrected chi connectivity index (χ3v) is 4.49. The average molecular weight is 292 g/mol. The third kappa shape index (κ3) is 3.42. The Morgan fingerprint density at radius 3 is 2.95 bits per heavy atom. The Bertz CT molecular complexity index is 516. The standard InChI is InChI=1S/C14H20N4OS/c1-3-6-9(4-2)16-13(19)11-12(15)18-14(20-11)17-10-7-5-8-10/h1,9-10H,4-8,15H2,2H3,(H,16,19)(H,17,18). The van der Waals surface area contributed by atoms with Crippen molar-refractivity contribution >= 4 is 28.2 Å². The predicted molar refractivity (Wildman–Crippen MR) is 82.8 cm³/mol. The second kappa shape index (κ2) is 6.62. The Balaban J connectivity index is 2.00. The van der Waals surface area contributed by atoms with Crippen LogP contribution in [0.4, 0.5) is 10.9 Å². The van der Waals surface area contributed by atoms with Crippen molar-refractivity contribution < 1.29 is 4.79 Å². The smallest absolute Gasteiger partial charge is 0.265 e. The van der Waals surface area contributed by atoms with E-state index >= 15 is 0 Å². The molecule has 0 aromatic carbocycles. The number of terminal acetylenes is 1. The monoisotopic (exact) mass is 292 g/mol. The molecule has 0 bridgehead atoms. The SMILES string of the molecule is C#CCC(CC)NC(=O)c1sc(NC2CCC2)nc1N. The van der Waals surface area contributed by atoms with Crippen molar-refractivity contribution in [3.63, 3.8) is 0 Å². The number of hydrogen-bond donors (Lipinski definition) is 3. The maximum Gasteiger partial charge on any atom is 0.265 e. The molecule has 6 heteroatoms. The van der Waals surface area contributed by atoms with Crippen LogP contribution in [0.2, 0.25) is 0 Å². The molecule has 1 aliphatic carbocycles. The number of rotatable bonds is 6. The molecule has 1 atom stereocenters. The van der Waals surface area contributed by atoms with Gasteiger partial charge in [0.25, 0.3) is 5.91 Å². The predicted octanol–water partition coefficient (Wildman–Crippen LogP) is 2.22. The second-order valence-electron chi connectivity index (χ2n) is 4.99. The summed E-state index contributed by atoms with van der Waals surface area (Å²) >= 11 is 1.30. The number of nitrogens with one attached hydrogen (secondary N) is 2. The van der Waals surface area contributed by atoms with Gasteiger partial charge in [-0.15, -0.1) is 12.3 Å². The van der Waals surface area contributed by atoms with Crippen molar-refractivity contribution in [3.8, 4) is 12.3 Å². The van der Waals surface area contributed by atoms with Crippen molar-refractivity contribution in [2.24, 2.45) is 0 Å². The third-order valence-electron chi connectivity index (χ3n) is 3.48. The maximum atomic E-state index is 12.2. The summed E-state index contributed by atoms with van der Waals surface area (Å²) in [6, 6.07) is 0.457. The van der Waals surface area contributed by atoms with Gasteiger partial charge >= 0.3 is 0 Å². The molecule has 108 valence electrons. The highest BCUT2D eigenvalue weighted by molar-refractivity contribution is 7.18. The summed E-state index contributed by atoms with van der Waals surface area (Å²) in [6.45, 7) is 1.99. The lowest BCUT2D eigenvalue weighted by Crippen LogP contribution is -2.34. The first kappa shape index (κ1) is 14.7. The number of aromatic nitrogens is 1. The summed E-state index contributed by atoms with van der Waals surface area (Å²) in [5, 5.41) is 6.93. The van der Waals surface area contributed by atoms with Gasteiger partial charge in [0.05, 0.1) is 0 Å². The Morgan fingerprint density at radius 2 is 2.40 bits per heavy atom. The van der Waals surface area contributed by atoms with Gasteiger partial charge in [-0.25, -0.2) is 4.98 Å². The first-order valence-electron chi connectivity index (χ1n) is 6.91. The summed E-state index contributed by atoms with van der Waals surface area (Å²) in [6.07, 6.45) is 10.2. The van der Waals surface area contributed by atoms with Crippen LogP contribution in [-0.2, 0) is 0 Å². The number of carbonyl (C=O) groups excluding carboxylic acids is 1. The van der Waals surface area contributed by atoms with Gasteiger partial charge in [0.15, 0.2) is 5.13 Å². The van der Waals surface area contributed by atoms with E-state index in [1.165, 1.54) is 17.8 Å². The maximum absolute atomic E-state index is 12.2. The van der Waals surface area contributed by atoms with Crippen LogP contribution in [0.1, 0.15) is 48.7 Å². The van der Waals surface area contributed by atoms with Crippen LogP contribution in [0.3, 0.4) is 0 Å². The molecule has 0 aliphatic heterocycles. The molecule has 1 fully saturated rings. The van der Waals surface area contributed by atoms with Crippen LogP contribution >= 0.6 is 11.3 Å². The number of anilines is 2. The van der Waals surface area contributed by atoms with Crippen molar-refractivity contribution in [2.75, 3.05) is 11.1 Å². The van der Waals surface area contributed by atoms with E-state index in [9.17, 15) is 4.79 Å². The van der Waals surface area contributed by atoms with Crippen molar-refractivity contribution in [3.05, 3.63) is 4.88 Å². The number of carbonyl (C=O) groups is 1. The van der Waals surface area contributed by atoms with Crippen LogP contribution in [0.15, 0.2) is 0 Å². The molecule has 20 heavy (non-hydrogen) atoms. The minimum absolute atomic E-state index is 0.0166. The Morgan fingerprint density at radius 1 is 1.65 bits per heavy atom. The Labute approximate surface area is 123 Å². The van der Waals surface area contributed by atoms with Crippen molar-refractivity contribution in [2.45, 2.75) is 51.1 Å². The number of nitrogens with zero attached hydrogens (tertiary/aromatic N) is 1. The lowest BCUT2D eigenvalue weighted by atomic mass is 9.93. The van der Waals surface area contributed by atoms with Crippen LogP contribution in [0.25, 0.3) is 0 Å². The zero-order valence-electron chi connectivity index (χ0n) is 11.6. The highest BCUT2D eigenvalue weighted by Gasteiger charge is 2.22. The van der Waals surface area contributed by atoms with Crippen LogP contribution in [0, 0.1) is 12.3 Å². The summed E-state index contributed by atoms with van der Waals surface area (Å²) in [4.78, 5) is 16.9. The van der Waals surface area contributed by atoms with Gasteiger partial charge in [0.1, 0.15) is 10.7 Å². The van der Waals surface area contributed by atoms with Gasteiger partial charge in [0.2, 0.25) is 0 Å². The summed E-state index contributed by atoms with van der Waals surface area (Å²) < 4.78 is 0. The van der Waals surface area contributed by atoms with Gasteiger partial charge in [-0.2, -0.15) is 0 Å². The van der Waals surface area contributed by atoms with E-state index in [-0.39, 0.29) is 17.8 Å². The van der Waals surface area contributed by atoms with Crippen LogP contribution < -0.4 is 16.4 Å². The fourth-order valence-electron chi connectivity index (χ4n) is 1.97. The summed E-state index contributed by atoms with van der Waals surface area (Å²) in [7, 11) is 0. The molecule has 0 saturated heterocycles. The first-order chi connectivity index (χ1) is 9.63. The molecule has 0 spiro atoms. The fourth-order valence-corrected chi connectivity index (χ4v) is 2.84. The molecule has 2 rings (SSSR count). The summed E-state index contributed by atoms with van der Waals surface area (Å²) in [5.41, 5.74) is 5.83. The molecule has 1 aromatic heterocycles. The number of thiazole rings is 1. The van der Waals surface area contributed by atoms with E-state index in [0.717, 1.165) is 24.4 Å². The first-order valence-corrected chi connectivity index (χ1v) is 7.72. The van der Waals surface area contributed by atoms with E-state index in [4.69, 9.17) is 12.2 Å². The fraction of sp³-hybridized carbons (Fsp3) is 0.571. The van der Waals surface area contributed by atoms with Gasteiger partial charge in [-0.05, 0) is 25.7 Å². The van der Waals surface area contributed by atoms with Gasteiger partial charge in [-0.3, -0.25) is 4.79 Å². The number of nitrogen functional groups attached to an aromatic ring is 1. The van der Waals surface area contributed by atoms with Gasteiger partial charge < -0.3 is 16.4 Å². The van der Waals surface area contributed by atoms with E-state index in [2.05, 4.69) is 21.5 Å². The quantitative estimate of drug-likeness (QED) is 0.702. The summed E-state index contributed by atoms with van der Waals surface area (Å²) in [5.74, 6) is 2.66. The molecule has 4 N–H and O–H groups in total. The molecule has 1 aromatic rings. The van der Waals surface area contributed by atoms with E-state index in [0.29, 0.717) is 17.3 Å². The lowest BCUT2D eigenvalue weighted by molar-refractivity contribution is 0.0941. The molecule has 1 aliphatic rings. The molecule has 1 unspecified atom stereocenters. The zero-order valence-corrected chi connectivity index (χ0v) is 12.4. The topological polar surface area (TPSA) is 80.0 Å². The second-order valence-corrected chi connectivity index (χ2v) is 5.99. The minimum Gasteiger partial charge on any atom is -0.382 e. The van der Waals surface area contributed by atoms with Crippen molar-refractivity contribution in [1.82, 2.24) is 10.3 Å². The van der Waals surface area contributed by atoms with Gasteiger partial charge in [-0.1, -0.05) is 18.3 Å². The largest absolute Gasteiger partial charge is 0.382 e.